The van der Waals surface area contributed by atoms with Crippen molar-refractivity contribution in [3.8, 4) is 5.75 Å². The van der Waals surface area contributed by atoms with Crippen molar-refractivity contribution in [2.45, 2.75) is 45.3 Å². The van der Waals surface area contributed by atoms with Gasteiger partial charge in [-0.3, -0.25) is 4.99 Å². The van der Waals surface area contributed by atoms with Crippen LogP contribution in [-0.4, -0.2) is 52.1 Å². The standard InChI is InChI=1S/C20H33N3O3.HI/c1-5-10-26-18-13-16(2)6-7-17(18)14-22-19(21-3)23-15-20(24-4)8-11-25-12-9-20;/h6-7,13H,5,8-12,14-15H2,1-4H3,(H2,21,22,23);1H. The smallest absolute Gasteiger partial charge is 0.191 e. The number of ether oxygens (including phenoxy) is 3. The summed E-state index contributed by atoms with van der Waals surface area (Å²) in [5.41, 5.74) is 2.14. The Balaban J connectivity index is 0.00000364. The molecule has 0 amide bonds. The molecule has 0 unspecified atom stereocenters. The maximum atomic E-state index is 5.89. The van der Waals surface area contributed by atoms with Gasteiger partial charge in [-0.25, -0.2) is 0 Å². The van der Waals surface area contributed by atoms with Crippen molar-refractivity contribution in [1.29, 1.82) is 0 Å². The van der Waals surface area contributed by atoms with E-state index in [0.29, 0.717) is 13.1 Å². The molecule has 7 heteroatoms. The van der Waals surface area contributed by atoms with Crippen molar-refractivity contribution in [3.05, 3.63) is 29.3 Å². The third-order valence-corrected chi connectivity index (χ3v) is 4.77. The fraction of sp³-hybridized carbons (Fsp3) is 0.650. The van der Waals surface area contributed by atoms with Gasteiger partial charge in [-0.05, 0) is 25.0 Å². The molecule has 0 aromatic heterocycles. The minimum Gasteiger partial charge on any atom is -0.493 e. The molecule has 154 valence electrons. The Labute approximate surface area is 180 Å². The zero-order valence-corrected chi connectivity index (χ0v) is 19.3. The summed E-state index contributed by atoms with van der Waals surface area (Å²) in [6.07, 6.45) is 2.77. The Morgan fingerprint density at radius 3 is 2.63 bits per heavy atom. The van der Waals surface area contributed by atoms with Crippen LogP contribution in [0.5, 0.6) is 5.75 Å². The molecule has 2 N–H and O–H groups in total. The van der Waals surface area contributed by atoms with Gasteiger partial charge in [-0.15, -0.1) is 24.0 Å². The molecule has 0 aliphatic carbocycles. The summed E-state index contributed by atoms with van der Waals surface area (Å²) < 4.78 is 17.1. The van der Waals surface area contributed by atoms with E-state index >= 15 is 0 Å². The zero-order valence-electron chi connectivity index (χ0n) is 17.0. The van der Waals surface area contributed by atoms with Gasteiger partial charge in [0.2, 0.25) is 0 Å². The number of nitrogens with zero attached hydrogens (tertiary/aromatic N) is 1. The number of nitrogens with one attached hydrogen (secondary N) is 2. The largest absolute Gasteiger partial charge is 0.493 e. The van der Waals surface area contributed by atoms with Crippen LogP contribution in [0.2, 0.25) is 0 Å². The Morgan fingerprint density at radius 2 is 2.00 bits per heavy atom. The number of hydrogen-bond acceptors (Lipinski definition) is 4. The Kier molecular flexibility index (Phi) is 11.0. The highest BCUT2D eigenvalue weighted by Gasteiger charge is 2.32. The van der Waals surface area contributed by atoms with Gasteiger partial charge < -0.3 is 24.8 Å². The summed E-state index contributed by atoms with van der Waals surface area (Å²) in [5.74, 6) is 1.70. The minimum absolute atomic E-state index is 0. The predicted octanol–water partition coefficient (Wildman–Crippen LogP) is 3.26. The second-order valence-electron chi connectivity index (χ2n) is 6.74. The molecule has 1 aromatic carbocycles. The summed E-state index contributed by atoms with van der Waals surface area (Å²) in [5, 5.41) is 6.77. The quantitative estimate of drug-likeness (QED) is 0.332. The first-order chi connectivity index (χ1) is 12.6. The number of guanidine groups is 1. The molecule has 0 bridgehead atoms. The monoisotopic (exact) mass is 491 g/mol. The van der Waals surface area contributed by atoms with Gasteiger partial charge in [0.25, 0.3) is 0 Å². The SMILES string of the molecule is CCCOc1cc(C)ccc1CNC(=NC)NCC1(OC)CCOCC1.I. The van der Waals surface area contributed by atoms with E-state index in [9.17, 15) is 0 Å². The van der Waals surface area contributed by atoms with Gasteiger partial charge in [-0.1, -0.05) is 19.1 Å². The van der Waals surface area contributed by atoms with Gasteiger partial charge in [0.1, 0.15) is 5.75 Å². The van der Waals surface area contributed by atoms with E-state index in [-0.39, 0.29) is 29.6 Å². The lowest BCUT2D eigenvalue weighted by Gasteiger charge is -2.36. The Morgan fingerprint density at radius 1 is 1.26 bits per heavy atom. The highest BCUT2D eigenvalue weighted by Crippen LogP contribution is 2.23. The summed E-state index contributed by atoms with van der Waals surface area (Å²) in [7, 11) is 3.55. The third kappa shape index (κ3) is 7.46. The van der Waals surface area contributed by atoms with Crippen LogP contribution in [0.25, 0.3) is 0 Å². The lowest BCUT2D eigenvalue weighted by Crippen LogP contribution is -2.50. The van der Waals surface area contributed by atoms with Crippen LogP contribution in [0.3, 0.4) is 0 Å². The average molecular weight is 491 g/mol. The van der Waals surface area contributed by atoms with E-state index < -0.39 is 0 Å². The molecule has 0 atom stereocenters. The van der Waals surface area contributed by atoms with Gasteiger partial charge in [0, 0.05) is 58.9 Å². The molecule has 6 nitrogen and oxygen atoms in total. The van der Waals surface area contributed by atoms with Crippen LogP contribution >= 0.6 is 24.0 Å². The molecule has 0 spiro atoms. The first kappa shape index (κ1) is 24.0. The van der Waals surface area contributed by atoms with E-state index in [2.05, 4.69) is 47.7 Å². The molecule has 1 aliphatic rings. The van der Waals surface area contributed by atoms with Crippen molar-refractivity contribution in [2.24, 2.45) is 4.99 Å². The molecule has 1 heterocycles. The third-order valence-electron chi connectivity index (χ3n) is 4.77. The first-order valence-electron chi connectivity index (χ1n) is 9.42. The number of aliphatic imine (C=N–C) groups is 1. The second-order valence-corrected chi connectivity index (χ2v) is 6.74. The second kappa shape index (κ2) is 12.4. The van der Waals surface area contributed by atoms with Gasteiger partial charge in [0.05, 0.1) is 12.2 Å². The number of hydrogen-bond donors (Lipinski definition) is 2. The van der Waals surface area contributed by atoms with Crippen LogP contribution in [0.4, 0.5) is 0 Å². The molecule has 1 saturated heterocycles. The molecule has 1 fully saturated rings. The topological polar surface area (TPSA) is 64.1 Å². The lowest BCUT2D eigenvalue weighted by atomic mass is 9.94. The molecule has 27 heavy (non-hydrogen) atoms. The number of rotatable bonds is 8. The molecule has 2 rings (SSSR count). The van der Waals surface area contributed by atoms with Crippen LogP contribution in [0.15, 0.2) is 23.2 Å². The van der Waals surface area contributed by atoms with Crippen molar-refractivity contribution < 1.29 is 14.2 Å². The maximum Gasteiger partial charge on any atom is 0.191 e. The fourth-order valence-electron chi connectivity index (χ4n) is 3.00. The zero-order chi connectivity index (χ0) is 18.8. The molecule has 0 radical (unpaired) electrons. The van der Waals surface area contributed by atoms with Crippen LogP contribution in [0.1, 0.15) is 37.3 Å². The minimum atomic E-state index is -0.185. The van der Waals surface area contributed by atoms with Crippen molar-refractivity contribution in [2.75, 3.05) is 40.5 Å². The molecule has 1 aromatic rings. The summed E-state index contributed by atoms with van der Waals surface area (Å²) in [4.78, 5) is 4.33. The summed E-state index contributed by atoms with van der Waals surface area (Å²) in [6, 6.07) is 6.30. The molecular weight excluding hydrogens is 457 g/mol. The molecule has 1 aliphatic heterocycles. The Bertz CT molecular complexity index is 590. The molecular formula is C20H34IN3O3. The number of methoxy groups -OCH3 is 1. The fourth-order valence-corrected chi connectivity index (χ4v) is 3.00. The van der Waals surface area contributed by atoms with Crippen LogP contribution in [0, 0.1) is 6.92 Å². The van der Waals surface area contributed by atoms with E-state index in [1.165, 1.54) is 5.56 Å². The van der Waals surface area contributed by atoms with Crippen molar-refractivity contribution >= 4 is 29.9 Å². The molecule has 0 saturated carbocycles. The van der Waals surface area contributed by atoms with Gasteiger partial charge in [-0.2, -0.15) is 0 Å². The van der Waals surface area contributed by atoms with Crippen LogP contribution in [-0.2, 0) is 16.0 Å². The van der Waals surface area contributed by atoms with Gasteiger partial charge in [0.15, 0.2) is 5.96 Å². The van der Waals surface area contributed by atoms with Crippen molar-refractivity contribution in [1.82, 2.24) is 10.6 Å². The Hall–Kier alpha value is -1.06. The maximum absolute atomic E-state index is 5.89. The highest BCUT2D eigenvalue weighted by atomic mass is 127. The average Bonchev–Trinajstić information content (AvgIpc) is 2.68. The van der Waals surface area contributed by atoms with E-state index in [0.717, 1.165) is 56.4 Å². The number of aryl methyl sites for hydroxylation is 1. The highest BCUT2D eigenvalue weighted by molar-refractivity contribution is 14.0. The normalized spacial score (nSPS) is 16.4. The van der Waals surface area contributed by atoms with Crippen LogP contribution < -0.4 is 15.4 Å². The van der Waals surface area contributed by atoms with E-state index in [1.54, 1.807) is 14.2 Å². The lowest BCUT2D eigenvalue weighted by molar-refractivity contribution is -0.0855. The summed E-state index contributed by atoms with van der Waals surface area (Å²) in [6.45, 7) is 7.76. The first-order valence-corrected chi connectivity index (χ1v) is 9.42. The summed E-state index contributed by atoms with van der Waals surface area (Å²) >= 11 is 0. The number of benzene rings is 1. The van der Waals surface area contributed by atoms with Gasteiger partial charge >= 0.3 is 0 Å². The van der Waals surface area contributed by atoms with E-state index in [4.69, 9.17) is 14.2 Å². The van der Waals surface area contributed by atoms with E-state index in [1.807, 2.05) is 0 Å². The van der Waals surface area contributed by atoms with Crippen molar-refractivity contribution in [3.63, 3.8) is 0 Å². The predicted molar refractivity (Wildman–Crippen MR) is 120 cm³/mol. The number of halogens is 1.